The number of isothiocyanates is 1. The van der Waals surface area contributed by atoms with E-state index in [0.717, 1.165) is 42.0 Å². The lowest BCUT2D eigenvalue weighted by Gasteiger charge is -2.29. The number of unbranched alkanes of at least 4 members (excludes halogenated alkanes) is 1. The van der Waals surface area contributed by atoms with E-state index in [1.54, 1.807) is 31.0 Å². The molecule has 3 rings (SSSR count). The molecule has 0 unspecified atom stereocenters. The van der Waals surface area contributed by atoms with E-state index in [-0.39, 0.29) is 10.8 Å². The molecule has 6 nitrogen and oxygen atoms in total. The molecular formula is C23H20F3N5OS2. The van der Waals surface area contributed by atoms with Crippen LogP contribution in [0.4, 0.5) is 24.5 Å². The third-order valence-corrected chi connectivity index (χ3v) is 5.93. The summed E-state index contributed by atoms with van der Waals surface area (Å²) in [5.74, 6) is -0.487. The standard InChI is InChI=1S/C23H20F3N5OS2/c1-22(2)20(32)30(17-8-6-15(12-27)19(11-17)23(24,25)26)21(34)31(22)18-9-7-16(29-13-18)5-3-4-10-28-14-33/h6-9,11,13H,3-5,10H2,1-2H3. The van der Waals surface area contributed by atoms with Crippen LogP contribution < -0.4 is 9.80 Å². The number of carbonyl (C=O) groups is 1. The lowest BCUT2D eigenvalue weighted by atomic mass is 10.0. The summed E-state index contributed by atoms with van der Waals surface area (Å²) in [7, 11) is 0. The second-order valence-electron chi connectivity index (χ2n) is 8.09. The van der Waals surface area contributed by atoms with Crippen molar-refractivity contribution in [3.05, 3.63) is 53.3 Å². The first kappa shape index (κ1) is 25.4. The number of hydrogen-bond acceptors (Lipinski definition) is 6. The van der Waals surface area contributed by atoms with Gasteiger partial charge in [0.25, 0.3) is 5.91 Å². The van der Waals surface area contributed by atoms with Crippen LogP contribution in [0.5, 0.6) is 0 Å². The minimum atomic E-state index is -4.75. The monoisotopic (exact) mass is 503 g/mol. The molecule has 34 heavy (non-hydrogen) atoms. The van der Waals surface area contributed by atoms with E-state index in [9.17, 15) is 18.0 Å². The van der Waals surface area contributed by atoms with Crippen molar-refractivity contribution < 1.29 is 18.0 Å². The molecule has 0 bridgehead atoms. The molecule has 1 fully saturated rings. The molecule has 176 valence electrons. The van der Waals surface area contributed by atoms with Crippen LogP contribution in [-0.2, 0) is 17.4 Å². The van der Waals surface area contributed by atoms with Gasteiger partial charge < -0.3 is 4.90 Å². The van der Waals surface area contributed by atoms with Crippen molar-refractivity contribution in [2.75, 3.05) is 16.3 Å². The van der Waals surface area contributed by atoms with E-state index in [4.69, 9.17) is 17.5 Å². The zero-order chi connectivity index (χ0) is 25.1. The Hall–Kier alpha value is -3.19. The van der Waals surface area contributed by atoms with Crippen molar-refractivity contribution in [3.8, 4) is 6.07 Å². The highest BCUT2D eigenvalue weighted by Crippen LogP contribution is 2.39. The first-order chi connectivity index (χ1) is 16.0. The molecule has 1 aliphatic heterocycles. The number of alkyl halides is 3. The van der Waals surface area contributed by atoms with Gasteiger partial charge in [-0.15, -0.1) is 0 Å². The summed E-state index contributed by atoms with van der Waals surface area (Å²) in [6.45, 7) is 3.89. The Balaban J connectivity index is 1.88. The van der Waals surface area contributed by atoms with Crippen LogP contribution in [0.2, 0.25) is 0 Å². The third kappa shape index (κ3) is 4.99. The normalized spacial score (nSPS) is 15.3. The number of aryl methyl sites for hydroxylation is 1. The van der Waals surface area contributed by atoms with Gasteiger partial charge in [-0.2, -0.15) is 18.4 Å². The Kier molecular flexibility index (Phi) is 7.46. The Morgan fingerprint density at radius 1 is 1.18 bits per heavy atom. The highest BCUT2D eigenvalue weighted by atomic mass is 32.1. The van der Waals surface area contributed by atoms with Gasteiger partial charge in [-0.25, -0.2) is 4.99 Å². The maximum absolute atomic E-state index is 13.5. The van der Waals surface area contributed by atoms with Crippen LogP contribution in [-0.4, -0.2) is 33.2 Å². The summed E-state index contributed by atoms with van der Waals surface area (Å²) in [5.41, 5.74) is -1.47. The first-order valence-corrected chi connectivity index (χ1v) is 11.1. The van der Waals surface area contributed by atoms with Crippen LogP contribution in [0.15, 0.2) is 41.5 Å². The number of amides is 1. The molecule has 1 saturated heterocycles. The quantitative estimate of drug-likeness (QED) is 0.290. The minimum absolute atomic E-state index is 0.0282. The van der Waals surface area contributed by atoms with E-state index in [0.29, 0.717) is 12.2 Å². The molecule has 1 aliphatic rings. The van der Waals surface area contributed by atoms with Crippen LogP contribution in [0.25, 0.3) is 0 Å². The second-order valence-corrected chi connectivity index (χ2v) is 8.64. The number of benzene rings is 1. The molecule has 0 atom stereocenters. The Bertz CT molecular complexity index is 1200. The highest BCUT2D eigenvalue weighted by Gasteiger charge is 2.50. The SMILES string of the molecule is CC1(C)C(=O)N(c2ccc(C#N)c(C(F)(F)F)c2)C(=S)N1c1ccc(CCCCN=C=S)nc1. The van der Waals surface area contributed by atoms with Crippen molar-refractivity contribution in [3.63, 3.8) is 0 Å². The molecule has 0 N–H and O–H groups in total. The number of halogens is 3. The Labute approximate surface area is 205 Å². The average molecular weight is 504 g/mol. The van der Waals surface area contributed by atoms with Gasteiger partial charge in [0.2, 0.25) is 0 Å². The minimum Gasteiger partial charge on any atom is -0.302 e. The molecule has 0 saturated carbocycles. The van der Waals surface area contributed by atoms with Gasteiger partial charge in [-0.3, -0.25) is 14.7 Å². The molecule has 1 aromatic heterocycles. The number of hydrogen-bond donors (Lipinski definition) is 0. The summed E-state index contributed by atoms with van der Waals surface area (Å²) in [6, 6.07) is 8.24. The fourth-order valence-electron chi connectivity index (χ4n) is 3.70. The number of aliphatic imine (C=N–C) groups is 1. The molecule has 1 aromatic carbocycles. The van der Waals surface area contributed by atoms with Gasteiger partial charge in [-0.1, -0.05) is 0 Å². The predicted octanol–water partition coefficient (Wildman–Crippen LogP) is 5.31. The molecule has 2 heterocycles. The van der Waals surface area contributed by atoms with Crippen molar-refractivity contribution in [1.29, 1.82) is 5.26 Å². The molecule has 0 radical (unpaired) electrons. The van der Waals surface area contributed by atoms with E-state index in [1.807, 2.05) is 6.07 Å². The van der Waals surface area contributed by atoms with Crippen molar-refractivity contribution in [1.82, 2.24) is 4.98 Å². The summed E-state index contributed by atoms with van der Waals surface area (Å²) in [4.78, 5) is 24.2. The van der Waals surface area contributed by atoms with Crippen LogP contribution in [0.1, 0.15) is 43.5 Å². The number of carbonyl (C=O) groups excluding carboxylic acids is 1. The summed E-state index contributed by atoms with van der Waals surface area (Å²) in [6.07, 6.45) is -0.708. The lowest BCUT2D eigenvalue weighted by molar-refractivity contribution is -0.137. The van der Waals surface area contributed by atoms with Gasteiger partial charge in [-0.05, 0) is 87.9 Å². The third-order valence-electron chi connectivity index (χ3n) is 5.44. The predicted molar refractivity (Wildman–Crippen MR) is 130 cm³/mol. The molecule has 2 aromatic rings. The fourth-order valence-corrected chi connectivity index (χ4v) is 4.31. The van der Waals surface area contributed by atoms with Crippen molar-refractivity contribution >= 4 is 52.0 Å². The van der Waals surface area contributed by atoms with E-state index >= 15 is 0 Å². The smallest absolute Gasteiger partial charge is 0.302 e. The number of rotatable bonds is 7. The van der Waals surface area contributed by atoms with E-state index in [1.165, 1.54) is 12.1 Å². The number of anilines is 2. The molecule has 1 amide bonds. The molecular weight excluding hydrogens is 483 g/mol. The maximum Gasteiger partial charge on any atom is 0.417 e. The number of aromatic nitrogens is 1. The first-order valence-electron chi connectivity index (χ1n) is 10.3. The van der Waals surface area contributed by atoms with Gasteiger partial charge in [0.05, 0.1) is 39.9 Å². The fraction of sp³-hybridized carbons (Fsp3) is 0.348. The zero-order valence-corrected chi connectivity index (χ0v) is 20.0. The van der Waals surface area contributed by atoms with Crippen molar-refractivity contribution in [2.24, 2.45) is 4.99 Å². The summed E-state index contributed by atoms with van der Waals surface area (Å²) >= 11 is 10.1. The van der Waals surface area contributed by atoms with Crippen LogP contribution in [0.3, 0.4) is 0 Å². The largest absolute Gasteiger partial charge is 0.417 e. The summed E-state index contributed by atoms with van der Waals surface area (Å²) in [5, 5.41) is 11.4. The number of nitrogens with zero attached hydrogens (tertiary/aromatic N) is 5. The van der Waals surface area contributed by atoms with Crippen molar-refractivity contribution in [2.45, 2.75) is 44.8 Å². The van der Waals surface area contributed by atoms with Gasteiger partial charge in [0, 0.05) is 12.2 Å². The summed E-state index contributed by atoms with van der Waals surface area (Å²) < 4.78 is 40.4. The topological polar surface area (TPSA) is 72.6 Å². The Morgan fingerprint density at radius 3 is 2.47 bits per heavy atom. The van der Waals surface area contributed by atoms with Gasteiger partial charge in [0.15, 0.2) is 5.11 Å². The van der Waals surface area contributed by atoms with Crippen LogP contribution in [0, 0.1) is 11.3 Å². The number of nitriles is 1. The molecule has 11 heteroatoms. The number of thiocarbonyl (C=S) groups is 2. The highest BCUT2D eigenvalue weighted by molar-refractivity contribution is 7.81. The molecule has 0 aliphatic carbocycles. The molecule has 0 spiro atoms. The number of pyridine rings is 1. The van der Waals surface area contributed by atoms with E-state index in [2.05, 4.69) is 27.4 Å². The lowest BCUT2D eigenvalue weighted by Crippen LogP contribution is -2.44. The van der Waals surface area contributed by atoms with Crippen LogP contribution >= 0.6 is 24.4 Å². The second kappa shape index (κ2) is 9.97. The van der Waals surface area contributed by atoms with Gasteiger partial charge in [0.1, 0.15) is 5.54 Å². The van der Waals surface area contributed by atoms with Gasteiger partial charge >= 0.3 is 6.18 Å². The maximum atomic E-state index is 13.5. The zero-order valence-electron chi connectivity index (χ0n) is 18.4. The van der Waals surface area contributed by atoms with E-state index < -0.39 is 28.7 Å². The average Bonchev–Trinajstić information content (AvgIpc) is 2.97. The Morgan fingerprint density at radius 2 is 1.88 bits per heavy atom.